The minimum Gasteiger partial charge on any atom is -0.444 e. The summed E-state index contributed by atoms with van der Waals surface area (Å²) < 4.78 is 5.46. The molecule has 0 saturated heterocycles. The van der Waals surface area contributed by atoms with Gasteiger partial charge in [-0.3, -0.25) is 4.79 Å². The van der Waals surface area contributed by atoms with E-state index in [9.17, 15) is 9.59 Å². The number of rotatable bonds is 2. The minimum atomic E-state index is -0.520. The minimum absolute atomic E-state index is 0.00696. The second-order valence-electron chi connectivity index (χ2n) is 10.7. The number of carbonyl (C=O) groups excluding carboxylic acids is 1. The van der Waals surface area contributed by atoms with Crippen LogP contribution in [0.2, 0.25) is 0 Å². The third-order valence-electron chi connectivity index (χ3n) is 5.78. The SMILES string of the molecule is Cc1cc(C(C)(C)C)ccc1-c1cc(=O)c(C2=CCN(C(=O)OC(C)(C)C)CC2)c(C)[nH]1. The van der Waals surface area contributed by atoms with Crippen molar-refractivity contribution in [2.24, 2.45) is 0 Å². The number of hydrogen-bond acceptors (Lipinski definition) is 3. The van der Waals surface area contributed by atoms with Gasteiger partial charge in [-0.05, 0) is 63.2 Å². The number of carbonyl (C=O) groups is 1. The number of aromatic nitrogens is 1. The molecule has 0 radical (unpaired) electrons. The highest BCUT2D eigenvalue weighted by molar-refractivity contribution is 5.74. The number of hydrogen-bond donors (Lipinski definition) is 1. The molecule has 0 saturated carbocycles. The van der Waals surface area contributed by atoms with Crippen LogP contribution in [0.3, 0.4) is 0 Å². The Morgan fingerprint density at radius 2 is 1.75 bits per heavy atom. The first-order valence-corrected chi connectivity index (χ1v) is 11.3. The molecule has 0 spiro atoms. The van der Waals surface area contributed by atoms with Crippen LogP contribution in [-0.2, 0) is 10.2 Å². The summed E-state index contributed by atoms with van der Waals surface area (Å²) in [6.45, 7) is 17.2. The molecular weight excluding hydrogens is 400 g/mol. The number of nitrogens with one attached hydrogen (secondary N) is 1. The van der Waals surface area contributed by atoms with Gasteiger partial charge in [0.05, 0.1) is 0 Å². The van der Waals surface area contributed by atoms with E-state index >= 15 is 0 Å². The molecule has 0 bridgehead atoms. The Hall–Kier alpha value is -2.82. The summed E-state index contributed by atoms with van der Waals surface area (Å²) in [6, 6.07) is 8.13. The number of nitrogens with zero attached hydrogens (tertiary/aromatic N) is 1. The fourth-order valence-corrected chi connectivity index (χ4v) is 4.05. The van der Waals surface area contributed by atoms with Crippen molar-refractivity contribution in [3.63, 3.8) is 0 Å². The maximum Gasteiger partial charge on any atom is 0.410 e. The van der Waals surface area contributed by atoms with Crippen LogP contribution in [0, 0.1) is 13.8 Å². The van der Waals surface area contributed by atoms with Gasteiger partial charge in [0.2, 0.25) is 0 Å². The highest BCUT2D eigenvalue weighted by Crippen LogP contribution is 2.30. The third-order valence-corrected chi connectivity index (χ3v) is 5.78. The Morgan fingerprint density at radius 3 is 2.25 bits per heavy atom. The van der Waals surface area contributed by atoms with Crippen LogP contribution in [0.25, 0.3) is 16.8 Å². The van der Waals surface area contributed by atoms with Crippen molar-refractivity contribution in [3.05, 3.63) is 62.9 Å². The quantitative estimate of drug-likeness (QED) is 0.630. The second kappa shape index (κ2) is 8.61. The van der Waals surface area contributed by atoms with Gasteiger partial charge in [0.1, 0.15) is 5.60 Å². The molecule has 2 aromatic rings. The first-order chi connectivity index (χ1) is 14.8. The van der Waals surface area contributed by atoms with Gasteiger partial charge in [0, 0.05) is 41.7 Å². The lowest BCUT2D eigenvalue weighted by atomic mass is 9.85. The lowest BCUT2D eigenvalue weighted by Gasteiger charge is -2.29. The van der Waals surface area contributed by atoms with E-state index in [2.05, 4.69) is 50.9 Å². The van der Waals surface area contributed by atoms with E-state index in [4.69, 9.17) is 4.74 Å². The first kappa shape index (κ1) is 23.8. The van der Waals surface area contributed by atoms with Crippen LogP contribution in [-0.4, -0.2) is 34.7 Å². The summed E-state index contributed by atoms with van der Waals surface area (Å²) in [5.74, 6) is 0. The first-order valence-electron chi connectivity index (χ1n) is 11.3. The average molecular weight is 437 g/mol. The Morgan fingerprint density at radius 1 is 1.06 bits per heavy atom. The van der Waals surface area contributed by atoms with Gasteiger partial charge < -0.3 is 14.6 Å². The van der Waals surface area contributed by atoms with Crippen molar-refractivity contribution in [2.75, 3.05) is 13.1 Å². The molecule has 2 heterocycles. The number of pyridine rings is 1. The van der Waals surface area contributed by atoms with E-state index < -0.39 is 5.60 Å². The maximum atomic E-state index is 13.1. The largest absolute Gasteiger partial charge is 0.444 e. The van der Waals surface area contributed by atoms with Crippen molar-refractivity contribution in [3.8, 4) is 11.3 Å². The zero-order chi connectivity index (χ0) is 23.8. The molecule has 5 heteroatoms. The van der Waals surface area contributed by atoms with Gasteiger partial charge in [-0.15, -0.1) is 0 Å². The average Bonchev–Trinajstić information content (AvgIpc) is 2.65. The molecule has 1 aromatic heterocycles. The van der Waals surface area contributed by atoms with Gasteiger partial charge in [0.25, 0.3) is 0 Å². The second-order valence-corrected chi connectivity index (χ2v) is 10.7. The maximum absolute atomic E-state index is 13.1. The predicted octanol–water partition coefficient (Wildman–Crippen LogP) is 5.98. The normalized spacial score (nSPS) is 14.9. The zero-order valence-electron chi connectivity index (χ0n) is 20.7. The number of benzene rings is 1. The van der Waals surface area contributed by atoms with E-state index in [1.807, 2.05) is 33.8 Å². The van der Waals surface area contributed by atoms with E-state index in [0.717, 1.165) is 28.1 Å². The summed E-state index contributed by atoms with van der Waals surface area (Å²) >= 11 is 0. The molecule has 0 atom stereocenters. The van der Waals surface area contributed by atoms with Gasteiger partial charge >= 0.3 is 6.09 Å². The molecule has 32 heavy (non-hydrogen) atoms. The Labute approximate surface area is 191 Å². The number of aromatic amines is 1. The molecule has 1 amide bonds. The fourth-order valence-electron chi connectivity index (χ4n) is 4.05. The summed E-state index contributed by atoms with van der Waals surface area (Å²) in [4.78, 5) is 30.5. The molecule has 0 fully saturated rings. The zero-order valence-corrected chi connectivity index (χ0v) is 20.7. The summed E-state index contributed by atoms with van der Waals surface area (Å²) in [5, 5.41) is 0. The molecule has 172 valence electrons. The van der Waals surface area contributed by atoms with Gasteiger partial charge in [-0.2, -0.15) is 0 Å². The van der Waals surface area contributed by atoms with Gasteiger partial charge in [-0.1, -0.05) is 45.0 Å². The lowest BCUT2D eigenvalue weighted by Crippen LogP contribution is -2.39. The molecule has 1 aliphatic heterocycles. The highest BCUT2D eigenvalue weighted by Gasteiger charge is 2.25. The molecule has 0 aliphatic carbocycles. The highest BCUT2D eigenvalue weighted by atomic mass is 16.6. The van der Waals surface area contributed by atoms with Crippen LogP contribution >= 0.6 is 0 Å². The smallest absolute Gasteiger partial charge is 0.410 e. The van der Waals surface area contributed by atoms with Crippen LogP contribution < -0.4 is 5.43 Å². The Kier molecular flexibility index (Phi) is 6.41. The molecule has 5 nitrogen and oxygen atoms in total. The van der Waals surface area contributed by atoms with Gasteiger partial charge in [-0.25, -0.2) is 4.79 Å². The molecular formula is C27H36N2O3. The van der Waals surface area contributed by atoms with Crippen LogP contribution in [0.1, 0.15) is 70.3 Å². The number of H-pyrrole nitrogens is 1. The topological polar surface area (TPSA) is 62.4 Å². The van der Waals surface area contributed by atoms with Crippen LogP contribution in [0.5, 0.6) is 0 Å². The molecule has 1 aromatic carbocycles. The van der Waals surface area contributed by atoms with E-state index in [1.165, 1.54) is 5.56 Å². The molecule has 3 rings (SSSR count). The summed E-state index contributed by atoms with van der Waals surface area (Å²) in [6.07, 6.45) is 2.28. The van der Waals surface area contributed by atoms with Crippen molar-refractivity contribution in [1.82, 2.24) is 9.88 Å². The van der Waals surface area contributed by atoms with E-state index in [-0.39, 0.29) is 16.9 Å². The predicted molar refractivity (Wildman–Crippen MR) is 131 cm³/mol. The van der Waals surface area contributed by atoms with Crippen molar-refractivity contribution >= 4 is 11.7 Å². The summed E-state index contributed by atoms with van der Waals surface area (Å²) in [5.41, 5.74) is 6.40. The monoisotopic (exact) mass is 436 g/mol. The van der Waals surface area contributed by atoms with Crippen molar-refractivity contribution < 1.29 is 9.53 Å². The standard InChI is InChI=1S/C27H36N2O3/c1-17-15-20(26(3,4)5)9-10-21(17)22-16-23(30)24(18(2)28-22)19-11-13-29(14-12-19)25(31)32-27(6,7)8/h9-11,15-16H,12-14H2,1-8H3,(H,28,30). The fraction of sp³-hybridized carbons (Fsp3) is 0.481. The number of aryl methyl sites for hydroxylation is 2. The summed E-state index contributed by atoms with van der Waals surface area (Å²) in [7, 11) is 0. The molecule has 1 aliphatic rings. The molecule has 1 N–H and O–H groups in total. The Bertz CT molecular complexity index is 1110. The number of ether oxygens (including phenoxy) is 1. The van der Waals surface area contributed by atoms with E-state index in [0.29, 0.717) is 25.1 Å². The van der Waals surface area contributed by atoms with Crippen LogP contribution in [0.15, 0.2) is 35.1 Å². The van der Waals surface area contributed by atoms with Crippen LogP contribution in [0.4, 0.5) is 4.79 Å². The Balaban J connectivity index is 1.86. The van der Waals surface area contributed by atoms with Crippen molar-refractivity contribution in [2.45, 2.75) is 72.8 Å². The van der Waals surface area contributed by atoms with Crippen molar-refractivity contribution in [1.29, 1.82) is 0 Å². The number of amides is 1. The third kappa shape index (κ3) is 5.32. The lowest BCUT2D eigenvalue weighted by molar-refractivity contribution is 0.0270. The van der Waals surface area contributed by atoms with Gasteiger partial charge in [0.15, 0.2) is 5.43 Å². The van der Waals surface area contributed by atoms with E-state index in [1.54, 1.807) is 11.0 Å². The molecule has 0 unspecified atom stereocenters.